The molecule has 7 heteroatoms. The van der Waals surface area contributed by atoms with E-state index in [1.165, 1.54) is 24.4 Å². The van der Waals surface area contributed by atoms with E-state index in [0.29, 0.717) is 0 Å². The smallest absolute Gasteiger partial charge is 0.272 e. The van der Waals surface area contributed by atoms with E-state index in [1.54, 1.807) is 0 Å². The summed E-state index contributed by atoms with van der Waals surface area (Å²) in [7, 11) is 0. The average Bonchev–Trinajstić information content (AvgIpc) is 2.31. The Morgan fingerprint density at radius 3 is 2.72 bits per heavy atom. The predicted molar refractivity (Wildman–Crippen MR) is 67.9 cm³/mol. The molecule has 0 radical (unpaired) electrons. The van der Waals surface area contributed by atoms with Crippen molar-refractivity contribution >= 4 is 29.2 Å². The van der Waals surface area contributed by atoms with Crippen LogP contribution in [0.3, 0.4) is 0 Å². The first-order valence-corrected chi connectivity index (χ1v) is 5.36. The number of hydrogen-bond donors (Lipinski definition) is 2. The summed E-state index contributed by atoms with van der Waals surface area (Å²) in [6, 6.07) is 3.98. The Bertz CT molecular complexity index is 484. The molecule has 0 heterocycles. The van der Waals surface area contributed by atoms with Crippen molar-refractivity contribution in [2.75, 3.05) is 6.61 Å². The van der Waals surface area contributed by atoms with Gasteiger partial charge in [-0.1, -0.05) is 11.6 Å². The van der Waals surface area contributed by atoms with Crippen LogP contribution in [0.1, 0.15) is 12.5 Å². The lowest BCUT2D eigenvalue weighted by Gasteiger charge is -2.12. The average molecular weight is 276 g/mol. The predicted octanol–water partition coefficient (Wildman–Crippen LogP) is 2.46. The fraction of sp³-hybridized carbons (Fsp3) is 0.273. The summed E-state index contributed by atoms with van der Waals surface area (Å²) in [5.74, 6) is 1.92. The van der Waals surface area contributed by atoms with Crippen LogP contribution in [0, 0.1) is 0 Å². The minimum Gasteiger partial charge on any atom is -0.390 e. The first kappa shape index (κ1) is 14.5. The maximum atomic E-state index is 13.2. The van der Waals surface area contributed by atoms with Gasteiger partial charge >= 0.3 is 0 Å². The summed E-state index contributed by atoms with van der Waals surface area (Å²) >= 11 is 5.68. The number of aliphatic hydroxyl groups excluding tert-OH is 1. The first-order chi connectivity index (χ1) is 8.38. The Morgan fingerprint density at radius 1 is 1.56 bits per heavy atom. The Hall–Kier alpha value is -1.53. The number of alkyl halides is 2. The number of hydrogen-bond acceptors (Lipinski definition) is 4. The maximum Gasteiger partial charge on any atom is 0.272 e. The van der Waals surface area contributed by atoms with E-state index in [4.69, 9.17) is 22.6 Å². The molecular weight excluding hydrogens is 264 g/mol. The summed E-state index contributed by atoms with van der Waals surface area (Å²) in [6.07, 6.45) is 1.20. The lowest BCUT2D eigenvalue weighted by atomic mass is 10.1. The van der Waals surface area contributed by atoms with Crippen LogP contribution in [0.25, 0.3) is 0 Å². The van der Waals surface area contributed by atoms with Crippen LogP contribution < -0.4 is 5.84 Å². The van der Waals surface area contributed by atoms with Gasteiger partial charge in [-0.25, -0.2) is 8.78 Å². The van der Waals surface area contributed by atoms with Crippen molar-refractivity contribution in [3.05, 3.63) is 28.8 Å². The number of aliphatic imine (C=N–C) groups is 1. The second-order valence-electron chi connectivity index (χ2n) is 3.59. The molecule has 18 heavy (non-hydrogen) atoms. The number of nitrogens with two attached hydrogens (primary N) is 1. The molecule has 0 aliphatic heterocycles. The Kier molecular flexibility index (Phi) is 4.75. The highest BCUT2D eigenvalue weighted by atomic mass is 35.5. The number of benzene rings is 1. The van der Waals surface area contributed by atoms with Crippen LogP contribution in [-0.2, 0) is 5.92 Å². The van der Waals surface area contributed by atoms with Gasteiger partial charge in [0, 0.05) is 17.5 Å². The second-order valence-corrected chi connectivity index (χ2v) is 4.00. The molecule has 0 saturated heterocycles. The molecule has 1 aromatic carbocycles. The number of hydrazone groups is 1. The van der Waals surface area contributed by atoms with E-state index in [1.807, 2.05) is 0 Å². The fourth-order valence-corrected chi connectivity index (χ4v) is 1.48. The molecule has 4 nitrogen and oxygen atoms in total. The summed E-state index contributed by atoms with van der Waals surface area (Å²) in [4.78, 5) is 3.88. The monoisotopic (exact) mass is 275 g/mol. The molecule has 3 N–H and O–H groups in total. The molecule has 0 aliphatic carbocycles. The van der Waals surface area contributed by atoms with Gasteiger partial charge in [-0.3, -0.25) is 4.99 Å². The third-order valence-electron chi connectivity index (χ3n) is 2.11. The lowest BCUT2D eigenvalue weighted by molar-refractivity contribution is 0.0176. The van der Waals surface area contributed by atoms with Crippen LogP contribution in [0.4, 0.5) is 14.5 Å². The molecular formula is C11H12ClF2N3O. The zero-order valence-electron chi connectivity index (χ0n) is 9.57. The molecule has 0 saturated carbocycles. The molecule has 0 unspecified atom stereocenters. The zero-order valence-corrected chi connectivity index (χ0v) is 10.3. The van der Waals surface area contributed by atoms with E-state index in [-0.39, 0.29) is 28.6 Å². The Labute approximate surface area is 108 Å². The topological polar surface area (TPSA) is 71.0 Å². The second kappa shape index (κ2) is 5.88. The maximum absolute atomic E-state index is 13.2. The van der Waals surface area contributed by atoms with Crippen molar-refractivity contribution in [3.8, 4) is 0 Å². The van der Waals surface area contributed by atoms with Crippen LogP contribution in [0.15, 0.2) is 28.3 Å². The molecule has 0 spiro atoms. The molecule has 0 aromatic heterocycles. The fourth-order valence-electron chi connectivity index (χ4n) is 1.19. The van der Waals surface area contributed by atoms with Gasteiger partial charge < -0.3 is 10.9 Å². The highest BCUT2D eigenvalue weighted by molar-refractivity contribution is 6.32. The van der Waals surface area contributed by atoms with Crippen molar-refractivity contribution in [2.24, 2.45) is 15.9 Å². The van der Waals surface area contributed by atoms with Gasteiger partial charge in [0.1, 0.15) is 5.71 Å². The summed E-state index contributed by atoms with van der Waals surface area (Å²) in [5.41, 5.74) is 0.0920. The minimum absolute atomic E-state index is 0.0312. The highest BCUT2D eigenvalue weighted by Gasteiger charge is 2.27. The largest absolute Gasteiger partial charge is 0.390 e. The molecule has 0 amide bonds. The molecule has 1 rings (SSSR count). The third-order valence-corrected chi connectivity index (χ3v) is 2.44. The summed E-state index contributed by atoms with van der Waals surface area (Å²) in [6.45, 7) is 0.368. The molecule has 0 bridgehead atoms. The van der Waals surface area contributed by atoms with E-state index in [0.717, 1.165) is 6.92 Å². The van der Waals surface area contributed by atoms with Gasteiger partial charge in [0.2, 0.25) is 0 Å². The zero-order chi connectivity index (χ0) is 13.8. The standard InChI is InChI=1S/C11H12ClF2N3O/c1-11(13,14)9-4-7(2-3-10(9)12)16-5-8(6-18)17-15/h2-5,18H,6,15H2,1H3. The van der Waals surface area contributed by atoms with Crippen LogP contribution in [0.5, 0.6) is 0 Å². The summed E-state index contributed by atoms with van der Waals surface area (Å²) in [5, 5.41) is 12.0. The Balaban J connectivity index is 3.07. The van der Waals surface area contributed by atoms with Crippen molar-refractivity contribution in [1.29, 1.82) is 0 Å². The van der Waals surface area contributed by atoms with E-state index in [2.05, 4.69) is 10.1 Å². The first-order valence-electron chi connectivity index (χ1n) is 4.98. The van der Waals surface area contributed by atoms with Crippen molar-refractivity contribution in [2.45, 2.75) is 12.8 Å². The van der Waals surface area contributed by atoms with E-state index >= 15 is 0 Å². The molecule has 0 fully saturated rings. The normalized spacial score (nSPS) is 13.3. The van der Waals surface area contributed by atoms with E-state index < -0.39 is 5.92 Å². The minimum atomic E-state index is -3.05. The van der Waals surface area contributed by atoms with Gasteiger partial charge in [0.05, 0.1) is 18.5 Å². The van der Waals surface area contributed by atoms with Crippen molar-refractivity contribution in [1.82, 2.24) is 0 Å². The van der Waals surface area contributed by atoms with Gasteiger partial charge in [-0.15, -0.1) is 0 Å². The van der Waals surface area contributed by atoms with Crippen LogP contribution >= 0.6 is 11.6 Å². The van der Waals surface area contributed by atoms with Gasteiger partial charge in [0.25, 0.3) is 5.92 Å². The Morgan fingerprint density at radius 2 is 2.22 bits per heavy atom. The number of aliphatic hydroxyl groups is 1. The lowest BCUT2D eigenvalue weighted by Crippen LogP contribution is -2.09. The SMILES string of the molecule is CC(F)(F)c1cc(N=CC(CO)=NN)ccc1Cl. The van der Waals surface area contributed by atoms with Gasteiger partial charge in [0.15, 0.2) is 0 Å². The van der Waals surface area contributed by atoms with Gasteiger partial charge in [-0.05, 0) is 18.2 Å². The molecule has 1 aromatic rings. The van der Waals surface area contributed by atoms with Crippen LogP contribution in [-0.4, -0.2) is 23.6 Å². The van der Waals surface area contributed by atoms with Crippen molar-refractivity contribution < 1.29 is 13.9 Å². The molecule has 0 aliphatic rings. The van der Waals surface area contributed by atoms with E-state index in [9.17, 15) is 8.78 Å². The highest BCUT2D eigenvalue weighted by Crippen LogP contribution is 2.35. The third kappa shape index (κ3) is 3.75. The summed E-state index contributed by atoms with van der Waals surface area (Å²) < 4.78 is 26.4. The van der Waals surface area contributed by atoms with Crippen LogP contribution in [0.2, 0.25) is 5.02 Å². The number of rotatable bonds is 4. The molecule has 0 atom stereocenters. The molecule has 98 valence electrons. The van der Waals surface area contributed by atoms with Gasteiger partial charge in [-0.2, -0.15) is 5.10 Å². The number of nitrogens with zero attached hydrogens (tertiary/aromatic N) is 2. The quantitative estimate of drug-likeness (QED) is 0.503. The van der Waals surface area contributed by atoms with Crippen molar-refractivity contribution in [3.63, 3.8) is 0 Å². The number of halogens is 3.